The fourth-order valence-corrected chi connectivity index (χ4v) is 1.87. The second-order valence-corrected chi connectivity index (χ2v) is 4.39. The van der Waals surface area contributed by atoms with E-state index < -0.39 is 0 Å². The van der Waals surface area contributed by atoms with E-state index in [1.165, 1.54) is 32.6 Å². The molecule has 0 saturated carbocycles. The zero-order valence-corrected chi connectivity index (χ0v) is 12.3. The Morgan fingerprint density at radius 3 is 2.50 bits per heavy atom. The van der Waals surface area contributed by atoms with Crippen molar-refractivity contribution in [2.24, 2.45) is 0 Å². The number of hydrogen-bond donors (Lipinski definition) is 1. The second-order valence-electron chi connectivity index (χ2n) is 4.39. The highest BCUT2D eigenvalue weighted by Gasteiger charge is 2.08. The maximum atomic E-state index is 13.4. The van der Waals surface area contributed by atoms with Gasteiger partial charge in [-0.3, -0.25) is 4.79 Å². The highest BCUT2D eigenvalue weighted by molar-refractivity contribution is 6.05. The number of allylic oxidation sites excluding steroid dienone is 1. The van der Waals surface area contributed by atoms with Crippen LogP contribution in [0.15, 0.2) is 54.7 Å². The summed E-state index contributed by atoms with van der Waals surface area (Å²) in [7, 11) is 3.03. The number of anilines is 1. The number of hydrogen-bond acceptors (Lipinski definition) is 4. The molecule has 0 atom stereocenters. The maximum Gasteiger partial charge on any atom is 0.187 e. The van der Waals surface area contributed by atoms with E-state index in [0.717, 1.165) is 0 Å². The number of rotatable bonds is 6. The lowest BCUT2D eigenvalue weighted by Crippen LogP contribution is -1.99. The molecular formula is C17H16FNO3. The molecular weight excluding hydrogens is 285 g/mol. The van der Waals surface area contributed by atoms with Crippen molar-refractivity contribution in [3.63, 3.8) is 0 Å². The zero-order chi connectivity index (χ0) is 15.9. The minimum absolute atomic E-state index is 0.232. The summed E-state index contributed by atoms with van der Waals surface area (Å²) in [5.74, 6) is 0.409. The molecule has 0 heterocycles. The molecule has 0 bridgehead atoms. The molecule has 2 rings (SSSR count). The van der Waals surface area contributed by atoms with Crippen molar-refractivity contribution in [1.82, 2.24) is 0 Å². The van der Waals surface area contributed by atoms with E-state index in [1.54, 1.807) is 36.4 Å². The minimum atomic E-state index is -0.384. The molecule has 4 nitrogen and oxygen atoms in total. The van der Waals surface area contributed by atoms with E-state index in [2.05, 4.69) is 5.32 Å². The predicted octanol–water partition coefficient (Wildman–Crippen LogP) is 3.65. The van der Waals surface area contributed by atoms with Gasteiger partial charge in [0, 0.05) is 17.8 Å². The summed E-state index contributed by atoms with van der Waals surface area (Å²) >= 11 is 0. The molecule has 0 radical (unpaired) electrons. The standard InChI is InChI=1S/C17H16FNO3/c1-21-16-8-7-12(11-17(16)22-2)15(20)9-10-19-14-6-4-3-5-13(14)18/h3-11,19H,1-2H3/b10-9-. The van der Waals surface area contributed by atoms with Gasteiger partial charge in [0.2, 0.25) is 0 Å². The number of ether oxygens (including phenoxy) is 2. The third-order valence-electron chi connectivity index (χ3n) is 3.02. The Kier molecular flexibility index (Phi) is 5.14. The molecule has 114 valence electrons. The monoisotopic (exact) mass is 301 g/mol. The van der Waals surface area contributed by atoms with Crippen LogP contribution >= 0.6 is 0 Å². The summed E-state index contributed by atoms with van der Waals surface area (Å²) in [5, 5.41) is 2.73. The number of halogens is 1. The van der Waals surface area contributed by atoms with Crippen LogP contribution in [0.4, 0.5) is 10.1 Å². The third-order valence-corrected chi connectivity index (χ3v) is 3.02. The lowest BCUT2D eigenvalue weighted by atomic mass is 10.1. The molecule has 0 unspecified atom stereocenters. The molecule has 0 aliphatic carbocycles. The maximum absolute atomic E-state index is 13.4. The number of methoxy groups -OCH3 is 2. The van der Waals surface area contributed by atoms with Crippen molar-refractivity contribution in [2.45, 2.75) is 0 Å². The molecule has 0 fully saturated rings. The van der Waals surface area contributed by atoms with Gasteiger partial charge in [-0.05, 0) is 30.3 Å². The average Bonchev–Trinajstić information content (AvgIpc) is 2.55. The van der Waals surface area contributed by atoms with Crippen LogP contribution in [0.5, 0.6) is 11.5 Å². The number of carbonyl (C=O) groups excluding carboxylic acids is 1. The van der Waals surface area contributed by atoms with Crippen LogP contribution in [0.3, 0.4) is 0 Å². The van der Waals surface area contributed by atoms with Gasteiger partial charge in [-0.2, -0.15) is 0 Å². The molecule has 0 amide bonds. The Balaban J connectivity index is 2.09. The van der Waals surface area contributed by atoms with Crippen molar-refractivity contribution in [2.75, 3.05) is 19.5 Å². The van der Waals surface area contributed by atoms with Gasteiger partial charge in [-0.15, -0.1) is 0 Å². The van der Waals surface area contributed by atoms with Crippen molar-refractivity contribution in [3.8, 4) is 11.5 Å². The highest BCUT2D eigenvalue weighted by Crippen LogP contribution is 2.27. The van der Waals surface area contributed by atoms with Crippen LogP contribution in [0, 0.1) is 5.82 Å². The summed E-state index contributed by atoms with van der Waals surface area (Å²) in [4.78, 5) is 12.1. The zero-order valence-electron chi connectivity index (χ0n) is 12.3. The van der Waals surface area contributed by atoms with Gasteiger partial charge in [-0.1, -0.05) is 12.1 Å². The second kappa shape index (κ2) is 7.26. The Hall–Kier alpha value is -2.82. The Morgan fingerprint density at radius 2 is 1.82 bits per heavy atom. The van der Waals surface area contributed by atoms with E-state index in [-0.39, 0.29) is 11.6 Å². The van der Waals surface area contributed by atoms with E-state index in [9.17, 15) is 9.18 Å². The number of nitrogens with one attached hydrogen (secondary N) is 1. The summed E-state index contributed by atoms with van der Waals surface area (Å²) in [5.41, 5.74) is 0.753. The fraction of sp³-hybridized carbons (Fsp3) is 0.118. The SMILES string of the molecule is COc1ccc(C(=O)/C=C\Nc2ccccc2F)cc1OC. The minimum Gasteiger partial charge on any atom is -0.493 e. The van der Waals surface area contributed by atoms with Gasteiger partial charge in [0.15, 0.2) is 17.3 Å². The summed E-state index contributed by atoms with van der Waals surface area (Å²) in [6, 6.07) is 11.1. The molecule has 0 spiro atoms. The van der Waals surface area contributed by atoms with Crippen molar-refractivity contribution < 1.29 is 18.7 Å². The third kappa shape index (κ3) is 3.63. The van der Waals surface area contributed by atoms with Gasteiger partial charge in [-0.25, -0.2) is 4.39 Å². The van der Waals surface area contributed by atoms with Gasteiger partial charge < -0.3 is 14.8 Å². The number of ketones is 1. The quantitative estimate of drug-likeness (QED) is 0.653. The first-order chi connectivity index (χ1) is 10.7. The molecule has 5 heteroatoms. The van der Waals surface area contributed by atoms with Gasteiger partial charge in [0.1, 0.15) is 5.82 Å². The van der Waals surface area contributed by atoms with Crippen LogP contribution in [0.2, 0.25) is 0 Å². The van der Waals surface area contributed by atoms with E-state index >= 15 is 0 Å². The summed E-state index contributed by atoms with van der Waals surface area (Å²) in [6.07, 6.45) is 2.73. The van der Waals surface area contributed by atoms with Crippen molar-refractivity contribution >= 4 is 11.5 Å². The van der Waals surface area contributed by atoms with Gasteiger partial charge in [0.25, 0.3) is 0 Å². The van der Waals surface area contributed by atoms with Crippen molar-refractivity contribution in [3.05, 3.63) is 66.1 Å². The van der Waals surface area contributed by atoms with Crippen LogP contribution in [-0.4, -0.2) is 20.0 Å². The Bertz CT molecular complexity index is 698. The Labute approximate surface area is 128 Å². The molecule has 1 N–H and O–H groups in total. The number of para-hydroxylation sites is 1. The first-order valence-electron chi connectivity index (χ1n) is 6.59. The average molecular weight is 301 g/mol. The van der Waals surface area contributed by atoms with E-state index in [1.807, 2.05) is 0 Å². The molecule has 0 saturated heterocycles. The van der Waals surface area contributed by atoms with Crippen LogP contribution in [-0.2, 0) is 0 Å². The van der Waals surface area contributed by atoms with E-state index in [0.29, 0.717) is 22.7 Å². The smallest absolute Gasteiger partial charge is 0.187 e. The van der Waals surface area contributed by atoms with Gasteiger partial charge in [0.05, 0.1) is 19.9 Å². The molecule has 2 aromatic rings. The molecule has 2 aromatic carbocycles. The van der Waals surface area contributed by atoms with Crippen LogP contribution < -0.4 is 14.8 Å². The van der Waals surface area contributed by atoms with Crippen LogP contribution in [0.1, 0.15) is 10.4 Å². The fourth-order valence-electron chi connectivity index (χ4n) is 1.87. The highest BCUT2D eigenvalue weighted by atomic mass is 19.1. The van der Waals surface area contributed by atoms with Crippen molar-refractivity contribution in [1.29, 1.82) is 0 Å². The summed E-state index contributed by atoms with van der Waals surface area (Å²) < 4.78 is 23.7. The number of benzene rings is 2. The Morgan fingerprint density at radius 1 is 1.09 bits per heavy atom. The summed E-state index contributed by atoms with van der Waals surface area (Å²) in [6.45, 7) is 0. The topological polar surface area (TPSA) is 47.6 Å². The molecule has 22 heavy (non-hydrogen) atoms. The molecule has 0 aromatic heterocycles. The lowest BCUT2D eigenvalue weighted by Gasteiger charge is -2.08. The first kappa shape index (κ1) is 15.6. The predicted molar refractivity (Wildman–Crippen MR) is 83.0 cm³/mol. The largest absolute Gasteiger partial charge is 0.493 e. The van der Waals surface area contributed by atoms with E-state index in [4.69, 9.17) is 9.47 Å². The first-order valence-corrected chi connectivity index (χ1v) is 6.59. The molecule has 0 aliphatic heterocycles. The molecule has 0 aliphatic rings. The van der Waals surface area contributed by atoms with Gasteiger partial charge >= 0.3 is 0 Å². The lowest BCUT2D eigenvalue weighted by molar-refractivity contribution is 0.104. The number of carbonyl (C=O) groups is 1. The normalized spacial score (nSPS) is 10.5. The van der Waals surface area contributed by atoms with Crippen LogP contribution in [0.25, 0.3) is 0 Å².